The molecule has 0 saturated carbocycles. The Morgan fingerprint density at radius 1 is 1.35 bits per heavy atom. The van der Waals surface area contributed by atoms with Gasteiger partial charge in [-0.1, -0.05) is 19.1 Å². The molecule has 0 radical (unpaired) electrons. The largest absolute Gasteiger partial charge is 0.326 e. The summed E-state index contributed by atoms with van der Waals surface area (Å²) < 4.78 is 0. The first kappa shape index (κ1) is 14.3. The van der Waals surface area contributed by atoms with Crippen molar-refractivity contribution in [3.8, 4) is 0 Å². The third-order valence-electron chi connectivity index (χ3n) is 2.89. The van der Waals surface area contributed by atoms with Crippen LogP contribution < -0.4 is 10.6 Å². The summed E-state index contributed by atoms with van der Waals surface area (Å²) >= 11 is 0. The summed E-state index contributed by atoms with van der Waals surface area (Å²) in [7, 11) is 0. The van der Waals surface area contributed by atoms with E-state index < -0.39 is 0 Å². The smallest absolute Gasteiger partial charge is 0.230 e. The molecule has 1 aromatic carbocycles. The molecule has 1 aromatic heterocycles. The Morgan fingerprint density at radius 3 is 2.90 bits per heavy atom. The molecule has 2 aromatic rings. The van der Waals surface area contributed by atoms with E-state index >= 15 is 0 Å². The predicted molar refractivity (Wildman–Crippen MR) is 79.5 cm³/mol. The van der Waals surface area contributed by atoms with Gasteiger partial charge in [0.15, 0.2) is 0 Å². The molecule has 0 aliphatic carbocycles. The summed E-state index contributed by atoms with van der Waals surface area (Å²) in [5, 5.41) is 13.0. The highest BCUT2D eigenvalue weighted by Gasteiger charge is 2.07. The van der Waals surface area contributed by atoms with Crippen molar-refractivity contribution in [1.82, 2.24) is 15.5 Å². The van der Waals surface area contributed by atoms with Crippen LogP contribution in [0.5, 0.6) is 0 Å². The molecule has 0 aliphatic heterocycles. The number of carbonyl (C=O) groups is 1. The molecule has 0 saturated heterocycles. The van der Waals surface area contributed by atoms with Crippen molar-refractivity contribution in [2.75, 3.05) is 11.9 Å². The maximum Gasteiger partial charge on any atom is 0.230 e. The number of aryl methyl sites for hydroxylation is 1. The minimum atomic E-state index is -0.0582. The minimum absolute atomic E-state index is 0.0582. The molecule has 0 atom stereocenters. The third kappa shape index (κ3) is 4.20. The van der Waals surface area contributed by atoms with Crippen molar-refractivity contribution in [1.29, 1.82) is 0 Å². The van der Waals surface area contributed by atoms with Gasteiger partial charge >= 0.3 is 0 Å². The summed E-state index contributed by atoms with van der Waals surface area (Å²) in [6.45, 7) is 5.71. The highest BCUT2D eigenvalue weighted by molar-refractivity contribution is 5.92. The minimum Gasteiger partial charge on any atom is -0.326 e. The first-order valence-electron chi connectivity index (χ1n) is 6.77. The van der Waals surface area contributed by atoms with E-state index in [1.165, 1.54) is 0 Å². The molecule has 0 aliphatic rings. The predicted octanol–water partition coefficient (Wildman–Crippen LogP) is 2.01. The van der Waals surface area contributed by atoms with Gasteiger partial charge in [0.25, 0.3) is 0 Å². The zero-order valence-electron chi connectivity index (χ0n) is 11.9. The molecule has 5 nitrogen and oxygen atoms in total. The number of anilines is 1. The fraction of sp³-hybridized carbons (Fsp3) is 0.333. The highest BCUT2D eigenvalue weighted by Crippen LogP contribution is 2.11. The lowest BCUT2D eigenvalue weighted by atomic mass is 10.2. The number of hydrogen-bond donors (Lipinski definition) is 3. The van der Waals surface area contributed by atoms with Crippen LogP contribution in [-0.2, 0) is 17.8 Å². The monoisotopic (exact) mass is 272 g/mol. The molecule has 0 bridgehead atoms. The standard InChI is InChI=1S/C15H20N4O/c1-3-16-10-12-5-4-6-13(8-12)17-15(20)9-14-7-11(2)18-19-14/h4-8,16H,3,9-10H2,1-2H3,(H,17,20)(H,18,19). The van der Waals surface area contributed by atoms with Crippen LogP contribution in [0.3, 0.4) is 0 Å². The molecule has 1 heterocycles. The summed E-state index contributed by atoms with van der Waals surface area (Å²) in [5.74, 6) is -0.0582. The Kier molecular flexibility index (Phi) is 4.90. The molecular weight excluding hydrogens is 252 g/mol. The first-order valence-corrected chi connectivity index (χ1v) is 6.77. The van der Waals surface area contributed by atoms with Crippen LogP contribution in [0.2, 0.25) is 0 Å². The lowest BCUT2D eigenvalue weighted by Gasteiger charge is -2.07. The fourth-order valence-corrected chi connectivity index (χ4v) is 1.96. The second-order valence-corrected chi connectivity index (χ2v) is 4.75. The maximum absolute atomic E-state index is 11.9. The molecule has 0 unspecified atom stereocenters. The van der Waals surface area contributed by atoms with E-state index in [1.54, 1.807) is 0 Å². The van der Waals surface area contributed by atoms with Crippen LogP contribution in [0.4, 0.5) is 5.69 Å². The van der Waals surface area contributed by atoms with E-state index in [4.69, 9.17) is 0 Å². The summed E-state index contributed by atoms with van der Waals surface area (Å²) in [5.41, 5.74) is 3.68. The van der Waals surface area contributed by atoms with E-state index in [2.05, 4.69) is 27.8 Å². The number of aromatic nitrogens is 2. The summed E-state index contributed by atoms with van der Waals surface area (Å²) in [6.07, 6.45) is 0.280. The zero-order chi connectivity index (χ0) is 14.4. The van der Waals surface area contributed by atoms with Crippen LogP contribution in [0, 0.1) is 6.92 Å². The van der Waals surface area contributed by atoms with Crippen molar-refractivity contribution in [2.24, 2.45) is 0 Å². The van der Waals surface area contributed by atoms with Gasteiger partial charge in [-0.3, -0.25) is 9.89 Å². The van der Waals surface area contributed by atoms with Crippen molar-refractivity contribution < 1.29 is 4.79 Å². The lowest BCUT2D eigenvalue weighted by Crippen LogP contribution is -2.15. The molecule has 3 N–H and O–H groups in total. The summed E-state index contributed by atoms with van der Waals surface area (Å²) in [6, 6.07) is 9.73. The van der Waals surface area contributed by atoms with Crippen LogP contribution in [0.1, 0.15) is 23.9 Å². The Hall–Kier alpha value is -2.14. The number of H-pyrrole nitrogens is 1. The number of nitrogens with one attached hydrogen (secondary N) is 3. The van der Waals surface area contributed by atoms with Gasteiger partial charge in [-0.2, -0.15) is 5.10 Å². The van der Waals surface area contributed by atoms with Crippen LogP contribution in [0.25, 0.3) is 0 Å². The second kappa shape index (κ2) is 6.86. The van der Waals surface area contributed by atoms with Crippen molar-refractivity contribution >= 4 is 11.6 Å². The summed E-state index contributed by atoms with van der Waals surface area (Å²) in [4.78, 5) is 11.9. The van der Waals surface area contributed by atoms with E-state index in [9.17, 15) is 4.79 Å². The number of amides is 1. The molecule has 20 heavy (non-hydrogen) atoms. The normalized spacial score (nSPS) is 10.5. The Balaban J connectivity index is 1.93. The maximum atomic E-state index is 11.9. The SMILES string of the molecule is CCNCc1cccc(NC(=O)Cc2cc(C)[nH]n2)c1. The molecule has 2 rings (SSSR count). The van der Waals surface area contributed by atoms with Crippen molar-refractivity contribution in [3.05, 3.63) is 47.3 Å². The highest BCUT2D eigenvalue weighted by atomic mass is 16.1. The topological polar surface area (TPSA) is 69.8 Å². The van der Waals surface area contributed by atoms with Crippen LogP contribution >= 0.6 is 0 Å². The second-order valence-electron chi connectivity index (χ2n) is 4.75. The van der Waals surface area contributed by atoms with Gasteiger partial charge in [-0.25, -0.2) is 0 Å². The molecule has 0 fully saturated rings. The van der Waals surface area contributed by atoms with Crippen LogP contribution in [-0.4, -0.2) is 22.6 Å². The lowest BCUT2D eigenvalue weighted by molar-refractivity contribution is -0.115. The van der Waals surface area contributed by atoms with Gasteiger partial charge in [0, 0.05) is 17.9 Å². The van der Waals surface area contributed by atoms with Gasteiger partial charge in [-0.15, -0.1) is 0 Å². The van der Waals surface area contributed by atoms with Crippen LogP contribution in [0.15, 0.2) is 30.3 Å². The Bertz CT molecular complexity index is 577. The molecule has 106 valence electrons. The number of benzene rings is 1. The number of nitrogens with zero attached hydrogens (tertiary/aromatic N) is 1. The number of aromatic amines is 1. The number of hydrogen-bond acceptors (Lipinski definition) is 3. The zero-order valence-corrected chi connectivity index (χ0v) is 11.9. The van der Waals surface area contributed by atoms with Crippen molar-refractivity contribution in [3.63, 3.8) is 0 Å². The van der Waals surface area contributed by atoms with E-state index in [1.807, 2.05) is 37.3 Å². The molecule has 0 spiro atoms. The molecule has 1 amide bonds. The van der Waals surface area contributed by atoms with Gasteiger partial charge in [0.1, 0.15) is 0 Å². The van der Waals surface area contributed by atoms with Gasteiger partial charge in [0.05, 0.1) is 12.1 Å². The first-order chi connectivity index (χ1) is 9.67. The Labute approximate surface area is 118 Å². The average molecular weight is 272 g/mol. The van der Waals surface area contributed by atoms with Gasteiger partial charge in [-0.05, 0) is 37.2 Å². The van der Waals surface area contributed by atoms with Gasteiger partial charge in [0.2, 0.25) is 5.91 Å². The number of rotatable bonds is 6. The molecule has 5 heteroatoms. The number of carbonyl (C=O) groups excluding carboxylic acids is 1. The van der Waals surface area contributed by atoms with Crippen molar-refractivity contribution in [2.45, 2.75) is 26.8 Å². The fourth-order valence-electron chi connectivity index (χ4n) is 1.96. The third-order valence-corrected chi connectivity index (χ3v) is 2.89. The molecular formula is C15H20N4O. The van der Waals surface area contributed by atoms with E-state index in [0.717, 1.165) is 35.7 Å². The quantitative estimate of drug-likeness (QED) is 0.753. The van der Waals surface area contributed by atoms with E-state index in [0.29, 0.717) is 0 Å². The average Bonchev–Trinajstić information content (AvgIpc) is 2.82. The Morgan fingerprint density at radius 2 is 2.20 bits per heavy atom. The van der Waals surface area contributed by atoms with Gasteiger partial charge < -0.3 is 10.6 Å². The van der Waals surface area contributed by atoms with E-state index in [-0.39, 0.29) is 12.3 Å².